The summed E-state index contributed by atoms with van der Waals surface area (Å²) in [6.07, 6.45) is 0. The first-order valence-electron chi connectivity index (χ1n) is 7.99. The maximum absolute atomic E-state index is 13.6. The smallest absolute Gasteiger partial charge is 0.341 e. The summed E-state index contributed by atoms with van der Waals surface area (Å²) in [6.45, 7) is -0.386. The lowest BCUT2D eigenvalue weighted by Gasteiger charge is -2.11. The minimum absolute atomic E-state index is 0.0424. The van der Waals surface area contributed by atoms with Crippen molar-refractivity contribution in [2.45, 2.75) is 6.61 Å². The minimum Gasteiger partial charge on any atom is -0.495 e. The van der Waals surface area contributed by atoms with Crippen LogP contribution in [0.5, 0.6) is 5.75 Å². The molecule has 3 rings (SSSR count). The van der Waals surface area contributed by atoms with Crippen LogP contribution >= 0.6 is 0 Å². The van der Waals surface area contributed by atoms with Gasteiger partial charge in [-0.05, 0) is 24.3 Å². The van der Waals surface area contributed by atoms with Crippen LogP contribution in [-0.2, 0) is 11.3 Å². The zero-order chi connectivity index (χ0) is 20.1. The Labute approximate surface area is 158 Å². The average Bonchev–Trinajstić information content (AvgIpc) is 2.66. The molecule has 10 heteroatoms. The van der Waals surface area contributed by atoms with E-state index in [-0.39, 0.29) is 24.3 Å². The number of nitrogens with two attached hydrogens (primary N) is 1. The van der Waals surface area contributed by atoms with Gasteiger partial charge in [0.2, 0.25) is 11.9 Å². The third-order valence-corrected chi connectivity index (χ3v) is 3.54. The van der Waals surface area contributed by atoms with E-state index in [9.17, 15) is 13.6 Å². The van der Waals surface area contributed by atoms with E-state index in [1.165, 1.54) is 7.11 Å². The van der Waals surface area contributed by atoms with E-state index in [0.717, 1.165) is 12.1 Å². The van der Waals surface area contributed by atoms with E-state index < -0.39 is 23.2 Å². The largest absolute Gasteiger partial charge is 0.495 e. The lowest BCUT2D eigenvalue weighted by Crippen LogP contribution is -2.12. The van der Waals surface area contributed by atoms with Crippen molar-refractivity contribution >= 4 is 23.6 Å². The van der Waals surface area contributed by atoms with E-state index in [1.54, 1.807) is 24.3 Å². The zero-order valence-corrected chi connectivity index (χ0v) is 14.6. The van der Waals surface area contributed by atoms with Gasteiger partial charge < -0.3 is 20.5 Å². The topological polar surface area (TPSA) is 112 Å². The van der Waals surface area contributed by atoms with Crippen LogP contribution < -0.4 is 15.8 Å². The van der Waals surface area contributed by atoms with Crippen molar-refractivity contribution in [3.8, 4) is 5.75 Å². The summed E-state index contributed by atoms with van der Waals surface area (Å²) >= 11 is 0. The molecular formula is C18H15F2N5O3. The molecule has 0 bridgehead atoms. The second kappa shape index (κ2) is 8.25. The number of carbonyl (C=O) groups is 1. The van der Waals surface area contributed by atoms with Crippen molar-refractivity contribution in [2.24, 2.45) is 0 Å². The predicted molar refractivity (Wildman–Crippen MR) is 96.0 cm³/mol. The molecule has 0 unspecified atom stereocenters. The molecule has 0 spiro atoms. The third-order valence-electron chi connectivity index (χ3n) is 3.54. The second-order valence-electron chi connectivity index (χ2n) is 5.46. The number of hydrogen-bond donors (Lipinski definition) is 2. The van der Waals surface area contributed by atoms with Gasteiger partial charge in [-0.2, -0.15) is 15.0 Å². The molecule has 144 valence electrons. The Bertz CT molecular complexity index is 1020. The van der Waals surface area contributed by atoms with Crippen LogP contribution in [-0.4, -0.2) is 28.0 Å². The molecule has 0 fully saturated rings. The summed E-state index contributed by atoms with van der Waals surface area (Å²) in [7, 11) is 1.52. The maximum atomic E-state index is 13.6. The molecule has 0 saturated carbocycles. The van der Waals surface area contributed by atoms with Crippen LogP contribution in [0, 0.1) is 11.6 Å². The Morgan fingerprint density at radius 3 is 2.68 bits per heavy atom. The van der Waals surface area contributed by atoms with Gasteiger partial charge in [0.25, 0.3) is 0 Å². The molecule has 0 amide bonds. The first-order valence-corrected chi connectivity index (χ1v) is 7.99. The summed E-state index contributed by atoms with van der Waals surface area (Å²) in [5, 5.41) is 2.93. The molecule has 2 aromatic carbocycles. The number of nitrogens with zero attached hydrogens (tertiary/aromatic N) is 3. The second-order valence-corrected chi connectivity index (χ2v) is 5.46. The molecule has 0 radical (unpaired) electrons. The fourth-order valence-electron chi connectivity index (χ4n) is 2.29. The van der Waals surface area contributed by atoms with E-state index in [4.69, 9.17) is 15.2 Å². The van der Waals surface area contributed by atoms with Gasteiger partial charge in [-0.15, -0.1) is 0 Å². The number of nitrogens with one attached hydrogen (secondary N) is 1. The van der Waals surface area contributed by atoms with E-state index >= 15 is 0 Å². The number of aromatic nitrogens is 3. The Balaban J connectivity index is 1.73. The molecule has 28 heavy (non-hydrogen) atoms. The van der Waals surface area contributed by atoms with Gasteiger partial charge in [0, 0.05) is 6.07 Å². The lowest BCUT2D eigenvalue weighted by atomic mass is 10.2. The van der Waals surface area contributed by atoms with Crippen LogP contribution in [0.15, 0.2) is 42.5 Å². The first kappa shape index (κ1) is 19.0. The molecule has 0 aliphatic rings. The number of para-hydroxylation sites is 2. The fraction of sp³-hybridized carbons (Fsp3) is 0.111. The minimum atomic E-state index is -1.03. The van der Waals surface area contributed by atoms with Crippen LogP contribution in [0.4, 0.5) is 26.4 Å². The van der Waals surface area contributed by atoms with Crippen molar-refractivity contribution in [1.82, 2.24) is 15.0 Å². The highest BCUT2D eigenvalue weighted by Gasteiger charge is 2.15. The Hall–Kier alpha value is -3.82. The molecule has 1 aromatic heterocycles. The fourth-order valence-corrected chi connectivity index (χ4v) is 2.29. The number of benzene rings is 2. The van der Waals surface area contributed by atoms with Gasteiger partial charge in [0.1, 0.15) is 17.4 Å². The Morgan fingerprint density at radius 1 is 1.14 bits per heavy atom. The molecule has 3 aromatic rings. The summed E-state index contributed by atoms with van der Waals surface area (Å²) in [5.41, 5.74) is 5.85. The monoisotopic (exact) mass is 387 g/mol. The number of ether oxygens (including phenoxy) is 2. The normalized spacial score (nSPS) is 10.4. The van der Waals surface area contributed by atoms with Crippen LogP contribution in [0.2, 0.25) is 0 Å². The molecule has 0 atom stereocenters. The molecule has 0 saturated heterocycles. The van der Waals surface area contributed by atoms with Gasteiger partial charge in [-0.1, -0.05) is 12.1 Å². The molecule has 3 N–H and O–H groups in total. The highest BCUT2D eigenvalue weighted by Crippen LogP contribution is 2.25. The number of esters is 1. The first-order chi connectivity index (χ1) is 13.5. The number of anilines is 3. The summed E-state index contributed by atoms with van der Waals surface area (Å²) in [4.78, 5) is 23.9. The van der Waals surface area contributed by atoms with Crippen LogP contribution in [0.3, 0.4) is 0 Å². The zero-order valence-electron chi connectivity index (χ0n) is 14.6. The van der Waals surface area contributed by atoms with Gasteiger partial charge in [0.05, 0.1) is 18.4 Å². The van der Waals surface area contributed by atoms with Crippen molar-refractivity contribution in [3.05, 3.63) is 65.5 Å². The van der Waals surface area contributed by atoms with Crippen molar-refractivity contribution in [1.29, 1.82) is 0 Å². The third kappa shape index (κ3) is 4.47. The number of rotatable bonds is 6. The molecule has 8 nitrogen and oxygen atoms in total. The van der Waals surface area contributed by atoms with E-state index in [0.29, 0.717) is 17.5 Å². The maximum Gasteiger partial charge on any atom is 0.341 e. The number of carbonyl (C=O) groups excluding carboxylic acids is 1. The predicted octanol–water partition coefficient (Wildman–Crippen LogP) is 2.84. The van der Waals surface area contributed by atoms with Crippen LogP contribution in [0.25, 0.3) is 0 Å². The number of hydrogen-bond acceptors (Lipinski definition) is 8. The van der Waals surface area contributed by atoms with Crippen molar-refractivity contribution < 1.29 is 23.0 Å². The number of nitrogen functional groups attached to an aromatic ring is 1. The highest BCUT2D eigenvalue weighted by molar-refractivity contribution is 5.89. The van der Waals surface area contributed by atoms with Gasteiger partial charge in [-0.3, -0.25) is 0 Å². The Morgan fingerprint density at radius 2 is 1.93 bits per heavy atom. The van der Waals surface area contributed by atoms with Crippen molar-refractivity contribution in [2.75, 3.05) is 18.2 Å². The summed E-state index contributed by atoms with van der Waals surface area (Å²) in [5.74, 6) is -2.22. The standard InChI is InChI=1S/C18H15F2N5O3/c1-27-14-5-3-2-4-13(14)22-18-24-15(23-17(21)25-18)9-28-16(26)11-7-6-10(19)8-12(11)20/h2-8H,9H2,1H3,(H3,21,22,23,24,25). The number of methoxy groups -OCH3 is 1. The average molecular weight is 387 g/mol. The van der Waals surface area contributed by atoms with Crippen LogP contribution in [0.1, 0.15) is 16.2 Å². The van der Waals surface area contributed by atoms with Gasteiger partial charge in [-0.25, -0.2) is 13.6 Å². The highest BCUT2D eigenvalue weighted by atomic mass is 19.1. The molecule has 0 aliphatic carbocycles. The molecule has 0 aliphatic heterocycles. The summed E-state index contributed by atoms with van der Waals surface area (Å²) < 4.78 is 36.8. The molecule has 1 heterocycles. The van der Waals surface area contributed by atoms with Gasteiger partial charge >= 0.3 is 5.97 Å². The summed E-state index contributed by atoms with van der Waals surface area (Å²) in [6, 6.07) is 9.61. The molecular weight excluding hydrogens is 372 g/mol. The SMILES string of the molecule is COc1ccccc1Nc1nc(N)nc(COC(=O)c2ccc(F)cc2F)n1. The number of halogens is 2. The van der Waals surface area contributed by atoms with Gasteiger partial charge in [0.15, 0.2) is 12.4 Å². The van der Waals surface area contributed by atoms with E-state index in [2.05, 4.69) is 20.3 Å². The van der Waals surface area contributed by atoms with E-state index in [1.807, 2.05) is 0 Å². The Kier molecular flexibility index (Phi) is 5.58. The lowest BCUT2D eigenvalue weighted by molar-refractivity contribution is 0.0456. The quantitative estimate of drug-likeness (QED) is 0.621. The van der Waals surface area contributed by atoms with Crippen molar-refractivity contribution in [3.63, 3.8) is 0 Å².